The van der Waals surface area contributed by atoms with Crippen molar-refractivity contribution in [3.63, 3.8) is 0 Å². The molecule has 60 heavy (non-hydrogen) atoms. The van der Waals surface area contributed by atoms with Gasteiger partial charge in [-0.1, -0.05) is 64.2 Å². The summed E-state index contributed by atoms with van der Waals surface area (Å²) in [5, 5.41) is 31.8. The van der Waals surface area contributed by atoms with Gasteiger partial charge in [-0.25, -0.2) is 24.0 Å². The standard InChI is InChI=1S/C44H50O16/c1-25-15-17-27(3)43(23-25)57-37(49)31(38(50)58-43)13-9-5-7-11-29-33(45)53-41(54-34(29)46)19-21-42(22-20-41)55-35(47)30(36(48)56-42)12-8-6-10-14-32-39(51)59-44(60-40(32)52)24-26(2)16-18-28(44)4/h5-14,25-28,33,45,49,51H,15-24H2,1-4H3/b7-5+,8-6?,13-9+,14-10?,29-11+,30-12?. The highest BCUT2D eigenvalue weighted by atomic mass is 16.8. The second kappa shape index (κ2) is 16.4. The molecule has 4 heterocycles. The number of rotatable bonds is 6. The molecule has 2 saturated heterocycles. The molecule has 4 aliphatic heterocycles. The minimum atomic E-state index is -1.68. The van der Waals surface area contributed by atoms with Crippen molar-refractivity contribution < 1.29 is 77.2 Å². The van der Waals surface area contributed by atoms with Crippen LogP contribution in [0.5, 0.6) is 0 Å². The van der Waals surface area contributed by atoms with E-state index in [9.17, 15) is 39.3 Å². The van der Waals surface area contributed by atoms with E-state index in [2.05, 4.69) is 0 Å². The van der Waals surface area contributed by atoms with E-state index in [0.717, 1.165) is 25.7 Å². The maximum Gasteiger partial charge on any atom is 0.348 e. The fraction of sp³-hybridized carbons (Fsp3) is 0.523. The van der Waals surface area contributed by atoms with Gasteiger partial charge in [-0.2, -0.15) is 0 Å². The van der Waals surface area contributed by atoms with Gasteiger partial charge in [0.1, 0.15) is 16.7 Å². The van der Waals surface area contributed by atoms with Gasteiger partial charge < -0.3 is 53.2 Å². The van der Waals surface area contributed by atoms with Crippen molar-refractivity contribution >= 4 is 29.8 Å². The summed E-state index contributed by atoms with van der Waals surface area (Å²) in [7, 11) is 0. The molecule has 3 N–H and O–H groups in total. The maximum atomic E-state index is 13.0. The summed E-state index contributed by atoms with van der Waals surface area (Å²) in [5.41, 5.74) is -0.939. The van der Waals surface area contributed by atoms with E-state index in [0.29, 0.717) is 12.8 Å². The van der Waals surface area contributed by atoms with E-state index in [1.807, 2.05) is 27.7 Å². The third-order valence-electron chi connectivity index (χ3n) is 12.3. The first kappa shape index (κ1) is 42.5. The van der Waals surface area contributed by atoms with Crippen LogP contribution < -0.4 is 0 Å². The largest absolute Gasteiger partial charge is 0.480 e. The molecule has 0 aromatic carbocycles. The molecule has 322 valence electrons. The third kappa shape index (κ3) is 8.39. The zero-order valence-electron chi connectivity index (χ0n) is 33.9. The van der Waals surface area contributed by atoms with Crippen molar-refractivity contribution in [2.24, 2.45) is 23.7 Å². The number of hydrogen-bond donors (Lipinski definition) is 3. The lowest BCUT2D eigenvalue weighted by Crippen LogP contribution is -2.56. The highest BCUT2D eigenvalue weighted by Gasteiger charge is 2.57. The van der Waals surface area contributed by atoms with Crippen molar-refractivity contribution in [3.8, 4) is 0 Å². The first-order chi connectivity index (χ1) is 28.5. The highest BCUT2D eigenvalue weighted by Crippen LogP contribution is 2.47. The molecule has 5 fully saturated rings. The summed E-state index contributed by atoms with van der Waals surface area (Å²) >= 11 is 0. The molecular weight excluding hydrogens is 784 g/mol. The van der Waals surface area contributed by atoms with Crippen LogP contribution in [0.3, 0.4) is 0 Å². The Morgan fingerprint density at radius 3 is 1.43 bits per heavy atom. The summed E-state index contributed by atoms with van der Waals surface area (Å²) < 4.78 is 45.3. The first-order valence-electron chi connectivity index (χ1n) is 20.3. The molecule has 3 saturated carbocycles. The van der Waals surface area contributed by atoms with E-state index < -0.39 is 71.2 Å². The summed E-state index contributed by atoms with van der Waals surface area (Å²) in [6.45, 7) is 7.89. The van der Waals surface area contributed by atoms with Crippen LogP contribution in [0, 0.1) is 23.7 Å². The number of carbonyl (C=O) groups is 5. The Hall–Kier alpha value is -5.61. The van der Waals surface area contributed by atoms with Crippen molar-refractivity contribution in [2.75, 3.05) is 0 Å². The van der Waals surface area contributed by atoms with Crippen LogP contribution in [-0.2, 0) is 61.9 Å². The van der Waals surface area contributed by atoms with E-state index >= 15 is 0 Å². The minimum absolute atomic E-state index is 0.0738. The third-order valence-corrected chi connectivity index (χ3v) is 12.3. The molecule has 7 aliphatic rings. The molecule has 0 amide bonds. The fourth-order valence-electron chi connectivity index (χ4n) is 8.65. The Labute approximate surface area is 346 Å². The zero-order valence-corrected chi connectivity index (χ0v) is 33.9. The van der Waals surface area contributed by atoms with Crippen LogP contribution in [0.25, 0.3) is 0 Å². The number of ether oxygens (including phenoxy) is 8. The Morgan fingerprint density at radius 2 is 0.967 bits per heavy atom. The molecule has 7 rings (SSSR count). The van der Waals surface area contributed by atoms with Crippen LogP contribution in [-0.4, -0.2) is 74.6 Å². The topological polar surface area (TPSA) is 220 Å². The summed E-state index contributed by atoms with van der Waals surface area (Å²) in [5.74, 6) is -10.5. The van der Waals surface area contributed by atoms with Gasteiger partial charge in [0.05, 0.1) is 5.57 Å². The van der Waals surface area contributed by atoms with Crippen LogP contribution >= 0.6 is 0 Å². The molecular formula is C44H50O16. The molecule has 0 aromatic heterocycles. The minimum Gasteiger partial charge on any atom is -0.480 e. The molecule has 7 atom stereocenters. The molecule has 0 radical (unpaired) electrons. The van der Waals surface area contributed by atoms with Crippen molar-refractivity contribution in [3.05, 3.63) is 94.9 Å². The molecule has 4 spiro atoms. The summed E-state index contributed by atoms with van der Waals surface area (Å²) in [4.78, 5) is 64.5. The van der Waals surface area contributed by atoms with Crippen molar-refractivity contribution in [1.29, 1.82) is 0 Å². The van der Waals surface area contributed by atoms with Crippen LogP contribution in [0.2, 0.25) is 0 Å². The lowest BCUT2D eigenvalue weighted by Gasteiger charge is -2.47. The second-order valence-electron chi connectivity index (χ2n) is 16.8. The van der Waals surface area contributed by atoms with Gasteiger partial charge >= 0.3 is 29.8 Å². The number of carbonyl (C=O) groups excluding carboxylic acids is 5. The van der Waals surface area contributed by atoms with Gasteiger partial charge in [0.2, 0.25) is 5.79 Å². The van der Waals surface area contributed by atoms with Crippen molar-refractivity contribution in [2.45, 2.75) is 121 Å². The molecule has 7 unspecified atom stereocenters. The van der Waals surface area contributed by atoms with Gasteiger partial charge in [0.25, 0.3) is 29.3 Å². The van der Waals surface area contributed by atoms with Crippen LogP contribution in [0.4, 0.5) is 0 Å². The van der Waals surface area contributed by atoms with Gasteiger partial charge in [0.15, 0.2) is 6.29 Å². The van der Waals surface area contributed by atoms with Gasteiger partial charge in [-0.05, 0) is 61.8 Å². The fourth-order valence-corrected chi connectivity index (χ4v) is 8.65. The average molecular weight is 835 g/mol. The highest BCUT2D eigenvalue weighted by molar-refractivity contribution is 6.15. The molecule has 3 aliphatic carbocycles. The number of aliphatic hydroxyl groups excluding tert-OH is 3. The Kier molecular flexibility index (Phi) is 11.7. The molecule has 16 heteroatoms. The number of aliphatic hydroxyl groups is 3. The van der Waals surface area contributed by atoms with Crippen LogP contribution in [0.1, 0.15) is 91.9 Å². The summed E-state index contributed by atoms with van der Waals surface area (Å²) in [6.07, 6.45) is 15.9. The Balaban J connectivity index is 0.902. The van der Waals surface area contributed by atoms with Gasteiger partial charge in [0, 0.05) is 50.4 Å². The molecule has 0 aromatic rings. The van der Waals surface area contributed by atoms with E-state index in [-0.39, 0.29) is 71.6 Å². The smallest absolute Gasteiger partial charge is 0.348 e. The van der Waals surface area contributed by atoms with Gasteiger partial charge in [-0.15, -0.1) is 0 Å². The van der Waals surface area contributed by atoms with Crippen LogP contribution in [0.15, 0.2) is 94.9 Å². The molecule has 16 nitrogen and oxygen atoms in total. The first-order valence-corrected chi connectivity index (χ1v) is 20.3. The number of esters is 5. The van der Waals surface area contributed by atoms with E-state index in [1.54, 1.807) is 0 Å². The lowest BCUT2D eigenvalue weighted by atomic mass is 9.78. The lowest BCUT2D eigenvalue weighted by molar-refractivity contribution is -0.331. The van der Waals surface area contributed by atoms with E-state index in [4.69, 9.17) is 37.9 Å². The number of allylic oxidation sites excluding steroid dienone is 8. The number of hydrogen-bond acceptors (Lipinski definition) is 16. The average Bonchev–Trinajstić information content (AvgIpc) is 3.16. The SMILES string of the molecule is CC1CCC(C)C2(C1)OC(=O)C(C=CC=CC=C1C(=O)OC3(CCC4(CC3)OC(=O)/C(=C/C=C/C=C/C3=C(O)OC5(CC(C)CCC5C)OC3=O)C(O)O4)OC1=O)=C(O)O2. The maximum absolute atomic E-state index is 13.0. The van der Waals surface area contributed by atoms with Crippen molar-refractivity contribution in [1.82, 2.24) is 0 Å². The van der Waals surface area contributed by atoms with Gasteiger partial charge in [-0.3, -0.25) is 0 Å². The normalized spacial score (nSPS) is 38.3. The second-order valence-corrected chi connectivity index (χ2v) is 16.8. The predicted molar refractivity (Wildman–Crippen MR) is 206 cm³/mol. The Morgan fingerprint density at radius 1 is 0.517 bits per heavy atom. The monoisotopic (exact) mass is 834 g/mol. The summed E-state index contributed by atoms with van der Waals surface area (Å²) in [6, 6.07) is 0. The van der Waals surface area contributed by atoms with E-state index in [1.165, 1.54) is 60.8 Å². The Bertz CT molecular complexity index is 2030. The predicted octanol–water partition coefficient (Wildman–Crippen LogP) is 6.01. The molecule has 0 bridgehead atoms. The quantitative estimate of drug-likeness (QED) is 0.0917. The zero-order chi connectivity index (χ0) is 43.0.